The third-order valence-electron chi connectivity index (χ3n) is 13.3. The molecule has 1 rings (SSSR count). The number of allylic oxidation sites excluding steroid dienone is 17. The number of unbranched alkanes of at least 4 members (excludes halogenated alkanes) is 20. The number of hydrogen-bond acceptors (Lipinski definition) is 11. The van der Waals surface area contributed by atoms with Crippen molar-refractivity contribution in [2.45, 2.75) is 276 Å². The van der Waals surface area contributed by atoms with E-state index >= 15 is 0 Å². The van der Waals surface area contributed by atoms with Gasteiger partial charge in [0.2, 0.25) is 0 Å². The lowest BCUT2D eigenvalue weighted by Crippen LogP contribution is -2.61. The zero-order valence-corrected chi connectivity index (χ0v) is 49.3. The van der Waals surface area contributed by atoms with E-state index in [4.69, 9.17) is 23.7 Å². The first-order valence-corrected chi connectivity index (χ1v) is 30.9. The average Bonchev–Trinajstić information content (AvgIpc) is 3.46. The molecule has 0 aromatic rings. The van der Waals surface area contributed by atoms with Gasteiger partial charge in [0.15, 0.2) is 24.6 Å². The number of ether oxygens (including phenoxy) is 5. The summed E-state index contributed by atoms with van der Waals surface area (Å²) in [5.74, 6) is -3.32. The molecule has 0 aliphatic carbocycles. The highest BCUT2D eigenvalue weighted by Gasteiger charge is 2.50. The summed E-state index contributed by atoms with van der Waals surface area (Å²) in [6, 6.07) is 0. The number of aliphatic carboxylic acids is 1. The Bertz CT molecular complexity index is 1790. The second-order valence-corrected chi connectivity index (χ2v) is 20.6. The fraction of sp³-hybridized carbons (Fsp3) is 0.672. The summed E-state index contributed by atoms with van der Waals surface area (Å²) in [5.41, 5.74) is 0. The quantitative estimate of drug-likeness (QED) is 0.0228. The fourth-order valence-electron chi connectivity index (χ4n) is 8.69. The van der Waals surface area contributed by atoms with Crippen molar-refractivity contribution in [3.8, 4) is 0 Å². The van der Waals surface area contributed by atoms with Crippen molar-refractivity contribution in [2.24, 2.45) is 0 Å². The van der Waals surface area contributed by atoms with Crippen molar-refractivity contribution in [1.82, 2.24) is 0 Å². The first-order valence-electron chi connectivity index (χ1n) is 30.9. The molecule has 6 atom stereocenters. The number of aliphatic hydroxyl groups is 2. The van der Waals surface area contributed by atoms with E-state index in [0.717, 1.165) is 96.3 Å². The molecule has 1 aliphatic rings. The van der Waals surface area contributed by atoms with Gasteiger partial charge in [-0.15, -0.1) is 0 Å². The molecule has 448 valence electrons. The normalized spacial score (nSPS) is 18.6. The van der Waals surface area contributed by atoms with E-state index < -0.39 is 67.3 Å². The number of carboxylic acids is 1. The minimum Gasteiger partial charge on any atom is -0.479 e. The SMILES string of the molecule is CC/C=C\C/C=C\C/C=C\C/C=C\C/C=C\CC(=O)OC(COC(=O)CCCCCCCCCCC/C=C\CCCCCCCC)COC1OC(C(=O)O)C(O)C(O)C1OC(=O)CCCCCCC/C=C\C/C=C\C/C=C\CC. The van der Waals surface area contributed by atoms with Crippen LogP contribution in [0.25, 0.3) is 0 Å². The minimum absolute atomic E-state index is 0.0255. The number of esters is 3. The molecule has 0 amide bonds. The van der Waals surface area contributed by atoms with Crippen LogP contribution in [0.1, 0.15) is 239 Å². The number of carbonyl (C=O) groups is 4. The van der Waals surface area contributed by atoms with Crippen molar-refractivity contribution in [3.63, 3.8) is 0 Å². The van der Waals surface area contributed by atoms with Crippen LogP contribution in [0.15, 0.2) is 109 Å². The molecule has 3 N–H and O–H groups in total. The molecule has 1 aliphatic heterocycles. The van der Waals surface area contributed by atoms with Gasteiger partial charge in [-0.1, -0.05) is 226 Å². The van der Waals surface area contributed by atoms with Crippen LogP contribution in [0, 0.1) is 0 Å². The lowest BCUT2D eigenvalue weighted by Gasteiger charge is -2.40. The third kappa shape index (κ3) is 43.8. The van der Waals surface area contributed by atoms with E-state index in [-0.39, 0.29) is 25.9 Å². The molecule has 1 saturated heterocycles. The summed E-state index contributed by atoms with van der Waals surface area (Å²) in [6.45, 7) is 5.67. The summed E-state index contributed by atoms with van der Waals surface area (Å²) in [7, 11) is 0. The lowest BCUT2D eigenvalue weighted by atomic mass is 9.98. The Morgan fingerprint density at radius 2 is 0.835 bits per heavy atom. The highest BCUT2D eigenvalue weighted by molar-refractivity contribution is 5.74. The van der Waals surface area contributed by atoms with E-state index in [1.807, 2.05) is 18.2 Å². The molecular formula is C67H108O12. The van der Waals surface area contributed by atoms with E-state index in [1.54, 1.807) is 6.08 Å². The van der Waals surface area contributed by atoms with E-state index in [9.17, 15) is 34.5 Å². The van der Waals surface area contributed by atoms with Gasteiger partial charge in [-0.05, 0) is 103 Å². The smallest absolute Gasteiger partial charge is 0.335 e. The molecule has 6 unspecified atom stereocenters. The fourth-order valence-corrected chi connectivity index (χ4v) is 8.69. The standard InChI is InChI=1S/C67H108O12/c1-4-7-10-13-16-19-22-25-28-29-30-31-34-35-38-41-44-47-50-53-59(68)75-56-58(77-60(69)54-51-48-45-42-39-36-32-26-23-20-17-14-11-8-5-2)57-76-67-65(63(72)62(71)64(79-67)66(73)74)78-61(70)55-52-49-46-43-40-37-33-27-24-21-18-15-12-9-6-3/h8-9,11-12,17-18,20-21,25-28,32-33,39,42,48,51,58,62-65,67,71-72H,4-7,10,13-16,19,22-24,29-31,34-38,40-41,43-47,49-50,52-57H2,1-3H3,(H,73,74)/b11-8-,12-9-,20-17-,21-18-,28-25-,32-26-,33-27-,42-39-,51-48-. The second-order valence-electron chi connectivity index (χ2n) is 20.6. The summed E-state index contributed by atoms with van der Waals surface area (Å²) < 4.78 is 28.3. The molecule has 79 heavy (non-hydrogen) atoms. The zero-order valence-electron chi connectivity index (χ0n) is 49.3. The van der Waals surface area contributed by atoms with Gasteiger partial charge in [-0.25, -0.2) is 4.79 Å². The zero-order chi connectivity index (χ0) is 57.5. The molecule has 0 aromatic carbocycles. The summed E-state index contributed by atoms with van der Waals surface area (Å²) in [6.07, 6.45) is 60.8. The predicted octanol–water partition coefficient (Wildman–Crippen LogP) is 16.2. The van der Waals surface area contributed by atoms with Crippen molar-refractivity contribution < 1.29 is 58.2 Å². The van der Waals surface area contributed by atoms with Crippen LogP contribution < -0.4 is 0 Å². The highest BCUT2D eigenvalue weighted by Crippen LogP contribution is 2.26. The van der Waals surface area contributed by atoms with Crippen LogP contribution in [0.4, 0.5) is 0 Å². The molecular weight excluding hydrogens is 997 g/mol. The predicted molar refractivity (Wildman–Crippen MR) is 321 cm³/mol. The molecule has 0 spiro atoms. The third-order valence-corrected chi connectivity index (χ3v) is 13.3. The van der Waals surface area contributed by atoms with Crippen LogP contribution in [-0.4, -0.2) is 89.2 Å². The van der Waals surface area contributed by atoms with Gasteiger partial charge >= 0.3 is 23.9 Å². The minimum atomic E-state index is -1.93. The first kappa shape index (κ1) is 72.4. The van der Waals surface area contributed by atoms with Crippen LogP contribution in [0.5, 0.6) is 0 Å². The Labute approximate surface area is 478 Å². The highest BCUT2D eigenvalue weighted by atomic mass is 16.7. The topological polar surface area (TPSA) is 175 Å². The number of rotatable bonds is 51. The number of hydrogen-bond donors (Lipinski definition) is 3. The van der Waals surface area contributed by atoms with Gasteiger partial charge in [0.25, 0.3) is 0 Å². The molecule has 12 nitrogen and oxygen atoms in total. The molecule has 1 fully saturated rings. The summed E-state index contributed by atoms with van der Waals surface area (Å²) >= 11 is 0. The molecule has 1 heterocycles. The van der Waals surface area contributed by atoms with Crippen LogP contribution in [0.2, 0.25) is 0 Å². The maximum Gasteiger partial charge on any atom is 0.335 e. The van der Waals surface area contributed by atoms with Crippen molar-refractivity contribution in [3.05, 3.63) is 109 Å². The molecule has 0 radical (unpaired) electrons. The van der Waals surface area contributed by atoms with Crippen LogP contribution in [-0.2, 0) is 42.9 Å². The van der Waals surface area contributed by atoms with Crippen LogP contribution in [0.3, 0.4) is 0 Å². The summed E-state index contributed by atoms with van der Waals surface area (Å²) in [4.78, 5) is 51.1. The van der Waals surface area contributed by atoms with Crippen molar-refractivity contribution in [2.75, 3.05) is 13.2 Å². The summed E-state index contributed by atoms with van der Waals surface area (Å²) in [5, 5.41) is 31.5. The first-order chi connectivity index (χ1) is 38.6. The molecule has 12 heteroatoms. The van der Waals surface area contributed by atoms with Gasteiger partial charge < -0.3 is 39.0 Å². The van der Waals surface area contributed by atoms with Gasteiger partial charge in [0, 0.05) is 12.8 Å². The lowest BCUT2D eigenvalue weighted by molar-refractivity contribution is -0.301. The number of carbonyl (C=O) groups excluding carboxylic acids is 3. The van der Waals surface area contributed by atoms with Gasteiger partial charge in [0.05, 0.1) is 13.0 Å². The largest absolute Gasteiger partial charge is 0.479 e. The second kappa shape index (κ2) is 54.0. The van der Waals surface area contributed by atoms with Crippen molar-refractivity contribution in [1.29, 1.82) is 0 Å². The Morgan fingerprint density at radius 3 is 1.29 bits per heavy atom. The van der Waals surface area contributed by atoms with E-state index in [1.165, 1.54) is 83.5 Å². The van der Waals surface area contributed by atoms with Gasteiger partial charge in [-0.3, -0.25) is 14.4 Å². The Kier molecular flexibility index (Phi) is 49.5. The Morgan fingerprint density at radius 1 is 0.443 bits per heavy atom. The molecule has 0 bridgehead atoms. The Balaban J connectivity index is 2.73. The Hall–Kier alpha value is -4.62. The monoisotopic (exact) mass is 1100 g/mol. The van der Waals surface area contributed by atoms with E-state index in [0.29, 0.717) is 19.3 Å². The maximum atomic E-state index is 13.1. The number of aliphatic hydroxyl groups excluding tert-OH is 2. The van der Waals surface area contributed by atoms with Crippen LogP contribution >= 0.6 is 0 Å². The van der Waals surface area contributed by atoms with E-state index in [2.05, 4.69) is 106 Å². The van der Waals surface area contributed by atoms with Gasteiger partial charge in [-0.2, -0.15) is 0 Å². The average molecular weight is 1110 g/mol. The number of carboxylic acid groups (broad SMARTS) is 1. The maximum absolute atomic E-state index is 13.1. The molecule has 0 aromatic heterocycles. The van der Waals surface area contributed by atoms with Crippen molar-refractivity contribution >= 4 is 23.9 Å². The van der Waals surface area contributed by atoms with Gasteiger partial charge in [0.1, 0.15) is 18.8 Å². The molecule has 0 saturated carbocycles.